The molecule has 1 aliphatic carbocycles. The summed E-state index contributed by atoms with van der Waals surface area (Å²) in [5, 5.41) is 14.0. The Morgan fingerprint density at radius 3 is 2.68 bits per heavy atom. The van der Waals surface area contributed by atoms with Crippen LogP contribution < -0.4 is 16.4 Å². The first-order chi connectivity index (χ1) is 16.3. The summed E-state index contributed by atoms with van der Waals surface area (Å²) < 4.78 is 0. The minimum absolute atomic E-state index is 0.0639. The van der Waals surface area contributed by atoms with Crippen molar-refractivity contribution in [3.63, 3.8) is 0 Å². The third-order valence-corrected chi connectivity index (χ3v) is 7.31. The summed E-state index contributed by atoms with van der Waals surface area (Å²) in [6, 6.07) is 5.82. The number of primary amides is 1. The van der Waals surface area contributed by atoms with Gasteiger partial charge in [-0.15, -0.1) is 16.5 Å². The maximum Gasteiger partial charge on any atom is 0.279 e. The van der Waals surface area contributed by atoms with Crippen LogP contribution in [0.15, 0.2) is 39.5 Å². The van der Waals surface area contributed by atoms with Crippen LogP contribution >= 0.6 is 23.1 Å². The van der Waals surface area contributed by atoms with Crippen molar-refractivity contribution in [1.29, 1.82) is 0 Å². The Bertz CT molecular complexity index is 1240. The number of aryl methyl sites for hydroxylation is 1. The van der Waals surface area contributed by atoms with E-state index in [1.807, 2.05) is 0 Å². The molecule has 4 rings (SSSR count). The van der Waals surface area contributed by atoms with Crippen LogP contribution in [-0.2, 0) is 27.2 Å². The number of para-hydroxylation sites is 1. The minimum Gasteiger partial charge on any atom is -0.365 e. The molecule has 1 atom stereocenters. The van der Waals surface area contributed by atoms with Crippen LogP contribution in [0.4, 0.5) is 10.7 Å². The molecule has 2 heterocycles. The molecule has 1 unspecified atom stereocenters. The van der Waals surface area contributed by atoms with E-state index in [1.54, 1.807) is 24.3 Å². The smallest absolute Gasteiger partial charge is 0.279 e. The first-order valence-corrected chi connectivity index (χ1v) is 12.4. The molecule has 2 aliphatic rings. The van der Waals surface area contributed by atoms with Gasteiger partial charge in [0.25, 0.3) is 11.8 Å². The molecule has 4 N–H and O–H groups in total. The largest absolute Gasteiger partial charge is 0.365 e. The van der Waals surface area contributed by atoms with Gasteiger partial charge in [0.05, 0.1) is 11.3 Å². The van der Waals surface area contributed by atoms with Gasteiger partial charge >= 0.3 is 0 Å². The van der Waals surface area contributed by atoms with Gasteiger partial charge in [-0.1, -0.05) is 30.0 Å². The Morgan fingerprint density at radius 1 is 1.18 bits per heavy atom. The Hall–Kier alpha value is -3.38. The number of azo groups is 1. The number of amidine groups is 1. The highest BCUT2D eigenvalue weighted by Crippen LogP contribution is 2.38. The molecule has 0 bridgehead atoms. The molecule has 10 nitrogen and oxygen atoms in total. The minimum atomic E-state index is -0.975. The quantitative estimate of drug-likeness (QED) is 0.556. The lowest BCUT2D eigenvalue weighted by Crippen LogP contribution is -2.20. The van der Waals surface area contributed by atoms with Crippen molar-refractivity contribution in [3.8, 4) is 0 Å². The Labute approximate surface area is 203 Å². The number of hydrogen-bond acceptors (Lipinski definition) is 8. The lowest BCUT2D eigenvalue weighted by molar-refractivity contribution is -0.119. The average molecular weight is 499 g/mol. The van der Waals surface area contributed by atoms with Crippen molar-refractivity contribution in [3.05, 3.63) is 45.8 Å². The SMILES string of the molecule is CC(=O)Nc1ccccc1C1N=NC(SCC(=O)Nc2sc3c(c2C(N)=O)CCCC3)=NC1=O. The van der Waals surface area contributed by atoms with E-state index >= 15 is 0 Å². The highest BCUT2D eigenvalue weighted by molar-refractivity contribution is 8.14. The zero-order chi connectivity index (χ0) is 24.2. The molecular formula is C22H22N6O4S2. The van der Waals surface area contributed by atoms with Gasteiger partial charge in [0.2, 0.25) is 17.0 Å². The zero-order valence-electron chi connectivity index (χ0n) is 18.3. The maximum atomic E-state index is 12.6. The number of thiophene rings is 1. The molecule has 0 saturated carbocycles. The molecule has 1 aromatic heterocycles. The van der Waals surface area contributed by atoms with Crippen molar-refractivity contribution in [2.24, 2.45) is 21.0 Å². The summed E-state index contributed by atoms with van der Waals surface area (Å²) in [6.07, 6.45) is 3.68. The molecule has 34 heavy (non-hydrogen) atoms. The number of nitrogens with two attached hydrogens (primary N) is 1. The van der Waals surface area contributed by atoms with E-state index in [0.717, 1.165) is 47.9 Å². The number of hydrogen-bond donors (Lipinski definition) is 3. The fourth-order valence-electron chi connectivity index (χ4n) is 3.84. The Balaban J connectivity index is 1.40. The first-order valence-electron chi connectivity index (χ1n) is 10.6. The number of nitrogens with zero attached hydrogens (tertiary/aromatic N) is 3. The maximum absolute atomic E-state index is 12.6. The van der Waals surface area contributed by atoms with E-state index in [2.05, 4.69) is 25.9 Å². The Kier molecular flexibility index (Phi) is 7.17. The highest BCUT2D eigenvalue weighted by atomic mass is 32.2. The van der Waals surface area contributed by atoms with Gasteiger partial charge in [-0.25, -0.2) is 0 Å². The van der Waals surface area contributed by atoms with Gasteiger partial charge < -0.3 is 16.4 Å². The van der Waals surface area contributed by atoms with E-state index in [1.165, 1.54) is 18.3 Å². The Morgan fingerprint density at radius 2 is 1.94 bits per heavy atom. The molecule has 0 radical (unpaired) electrons. The number of benzene rings is 1. The zero-order valence-corrected chi connectivity index (χ0v) is 19.9. The van der Waals surface area contributed by atoms with Crippen LogP contribution in [0.3, 0.4) is 0 Å². The van der Waals surface area contributed by atoms with Crippen molar-refractivity contribution >= 4 is 62.6 Å². The number of rotatable bonds is 6. The molecule has 1 aliphatic heterocycles. The predicted molar refractivity (Wildman–Crippen MR) is 131 cm³/mol. The summed E-state index contributed by atoms with van der Waals surface area (Å²) in [5.74, 6) is -1.81. The number of amides is 4. The highest BCUT2D eigenvalue weighted by Gasteiger charge is 2.28. The van der Waals surface area contributed by atoms with Gasteiger partial charge in [0.1, 0.15) is 5.00 Å². The van der Waals surface area contributed by atoms with Crippen LogP contribution in [0.5, 0.6) is 0 Å². The van der Waals surface area contributed by atoms with Crippen molar-refractivity contribution < 1.29 is 19.2 Å². The fourth-order valence-corrected chi connectivity index (χ4v) is 5.74. The molecule has 0 fully saturated rings. The summed E-state index contributed by atoms with van der Waals surface area (Å²) in [6.45, 7) is 1.37. The lowest BCUT2D eigenvalue weighted by Gasteiger charge is -2.16. The normalized spacial score (nSPS) is 17.0. The molecule has 4 amide bonds. The molecule has 12 heteroatoms. The predicted octanol–water partition coefficient (Wildman–Crippen LogP) is 3.45. The molecule has 1 aromatic carbocycles. The van der Waals surface area contributed by atoms with Gasteiger partial charge in [-0.2, -0.15) is 10.1 Å². The lowest BCUT2D eigenvalue weighted by atomic mass is 9.95. The van der Waals surface area contributed by atoms with E-state index in [9.17, 15) is 19.2 Å². The number of fused-ring (bicyclic) bond motifs is 1. The fraction of sp³-hybridized carbons (Fsp3) is 0.318. The summed E-state index contributed by atoms with van der Waals surface area (Å²) >= 11 is 2.35. The number of thioether (sulfide) groups is 1. The third-order valence-electron chi connectivity index (χ3n) is 5.27. The second-order valence-electron chi connectivity index (χ2n) is 7.74. The molecule has 0 saturated heterocycles. The van der Waals surface area contributed by atoms with Gasteiger partial charge in [-0.3, -0.25) is 19.2 Å². The summed E-state index contributed by atoms with van der Waals surface area (Å²) in [7, 11) is 0. The van der Waals surface area contributed by atoms with Crippen LogP contribution in [0.25, 0.3) is 0 Å². The van der Waals surface area contributed by atoms with Gasteiger partial charge in [0.15, 0.2) is 6.04 Å². The van der Waals surface area contributed by atoms with Crippen LogP contribution in [0.1, 0.15) is 52.2 Å². The van der Waals surface area contributed by atoms with Crippen LogP contribution in [-0.4, -0.2) is 34.5 Å². The second-order valence-corrected chi connectivity index (χ2v) is 9.78. The third kappa shape index (κ3) is 5.23. The van der Waals surface area contributed by atoms with Crippen molar-refractivity contribution in [2.75, 3.05) is 16.4 Å². The number of carbonyl (C=O) groups excluding carboxylic acids is 4. The van der Waals surface area contributed by atoms with Crippen LogP contribution in [0, 0.1) is 0 Å². The monoisotopic (exact) mass is 498 g/mol. The molecule has 2 aromatic rings. The standard InChI is InChI=1S/C22H22N6O4S2/c1-11(29)24-14-8-4-2-6-12(14)18-20(32)26-22(28-27-18)33-10-16(30)25-21-17(19(23)31)13-7-3-5-9-15(13)34-21/h2,4,6,8,18H,3,5,7,9-10H2,1H3,(H2,23,31)(H,24,29)(H,25,30). The summed E-state index contributed by atoms with van der Waals surface area (Å²) in [5.41, 5.74) is 7.84. The molecular weight excluding hydrogens is 476 g/mol. The van der Waals surface area contributed by atoms with Crippen molar-refractivity contribution in [1.82, 2.24) is 0 Å². The number of aliphatic imine (C=N–C) groups is 1. The van der Waals surface area contributed by atoms with Crippen LogP contribution in [0.2, 0.25) is 0 Å². The summed E-state index contributed by atoms with van der Waals surface area (Å²) in [4.78, 5) is 53.6. The van der Waals surface area contributed by atoms with Crippen molar-refractivity contribution in [2.45, 2.75) is 38.6 Å². The molecule has 0 spiro atoms. The second kappa shape index (κ2) is 10.3. The van der Waals surface area contributed by atoms with E-state index in [4.69, 9.17) is 5.73 Å². The first kappa shape index (κ1) is 23.8. The van der Waals surface area contributed by atoms with E-state index < -0.39 is 17.9 Å². The van der Waals surface area contributed by atoms with E-state index in [0.29, 0.717) is 21.8 Å². The van der Waals surface area contributed by atoms with Gasteiger partial charge in [0, 0.05) is 23.1 Å². The number of nitrogens with one attached hydrogen (secondary N) is 2. The topological polar surface area (TPSA) is 155 Å². The average Bonchev–Trinajstić information content (AvgIpc) is 3.16. The number of carbonyl (C=O) groups is 4. The molecule has 176 valence electrons. The van der Waals surface area contributed by atoms with E-state index in [-0.39, 0.29) is 22.7 Å². The number of anilines is 2. The van der Waals surface area contributed by atoms with Gasteiger partial charge in [-0.05, 0) is 37.3 Å².